The molecule has 0 amide bonds. The zero-order valence-corrected chi connectivity index (χ0v) is 14.6. The molecule has 0 fully saturated rings. The normalized spacial score (nSPS) is 10.2. The molecule has 0 heterocycles. The molecule has 0 bridgehead atoms. The first-order valence-corrected chi connectivity index (χ1v) is 5.90. The van der Waals surface area contributed by atoms with Gasteiger partial charge in [0.2, 0.25) is 0 Å². The van der Waals surface area contributed by atoms with Crippen molar-refractivity contribution in [2.75, 3.05) is 0 Å². The molecule has 0 atom stereocenters. The van der Waals surface area contributed by atoms with Gasteiger partial charge in [0.25, 0.3) is 0 Å². The van der Waals surface area contributed by atoms with E-state index in [0.717, 1.165) is 17.7 Å². The van der Waals surface area contributed by atoms with E-state index in [0.29, 0.717) is 10.6 Å². The van der Waals surface area contributed by atoms with Gasteiger partial charge in [-0.2, -0.15) is 0 Å². The van der Waals surface area contributed by atoms with Crippen molar-refractivity contribution in [1.29, 1.82) is 0 Å². The molecule has 2 aromatic rings. The Balaban J connectivity index is 0.00000200. The molecule has 2 aromatic carbocycles. The number of rotatable bonds is 1. The topological polar surface area (TPSA) is 0 Å². The summed E-state index contributed by atoms with van der Waals surface area (Å²) in [5, 5.41) is 0.571. The molecule has 0 nitrogen and oxygen atoms in total. The minimum atomic E-state index is -4.95. The van der Waals surface area contributed by atoms with E-state index in [1.54, 1.807) is 24.3 Å². The third-order valence-corrected chi connectivity index (χ3v) is 2.70. The van der Waals surface area contributed by atoms with Crippen LogP contribution in [0.25, 0.3) is 0 Å². The second-order valence-corrected chi connectivity index (χ2v) is 4.39. The smallest absolute Gasteiger partial charge is 0.445 e. The number of halogens is 4. The van der Waals surface area contributed by atoms with Gasteiger partial charge in [-0.15, -0.1) is 5.46 Å². The summed E-state index contributed by atoms with van der Waals surface area (Å²) >= 11 is 5.81. The van der Waals surface area contributed by atoms with Crippen LogP contribution in [-0.4, -0.2) is 6.98 Å². The number of hydrogen-bond donors (Lipinski definition) is 0. The van der Waals surface area contributed by atoms with Crippen molar-refractivity contribution < 1.29 is 64.3 Å². The Bertz CT molecular complexity index is 642. The zero-order chi connectivity index (χ0) is 13.9. The van der Waals surface area contributed by atoms with Gasteiger partial charge in [0.1, 0.15) is 0 Å². The summed E-state index contributed by atoms with van der Waals surface area (Å²) in [5.74, 6) is 5.65. The van der Waals surface area contributed by atoms with Crippen LogP contribution in [0, 0.1) is 11.8 Å². The maximum atomic E-state index is 12.4. The molecule has 0 aliphatic rings. The Hall–Kier alpha value is -0.219. The van der Waals surface area contributed by atoms with Crippen LogP contribution in [0.15, 0.2) is 48.5 Å². The molecule has 0 saturated heterocycles. The Morgan fingerprint density at radius 2 is 1.45 bits per heavy atom. The zero-order valence-electron chi connectivity index (χ0n) is 10.7. The van der Waals surface area contributed by atoms with Crippen LogP contribution in [0.5, 0.6) is 0 Å². The molecular weight excluding hydrogens is 311 g/mol. The summed E-state index contributed by atoms with van der Waals surface area (Å²) in [6, 6.07) is 11.8. The Morgan fingerprint density at radius 1 is 0.850 bits per heavy atom. The van der Waals surface area contributed by atoms with Crippen molar-refractivity contribution in [2.24, 2.45) is 0 Å². The van der Waals surface area contributed by atoms with Crippen LogP contribution in [-0.2, 0) is 0 Å². The van der Waals surface area contributed by atoms with Gasteiger partial charge >= 0.3 is 58.4 Å². The molecule has 0 radical (unpaired) electrons. The molecule has 0 aliphatic heterocycles. The van der Waals surface area contributed by atoms with Gasteiger partial charge in [0.15, 0.2) is 0 Å². The van der Waals surface area contributed by atoms with Crippen molar-refractivity contribution in [3.8, 4) is 11.8 Å². The minimum Gasteiger partial charge on any atom is -0.445 e. The summed E-state index contributed by atoms with van der Waals surface area (Å²) < 4.78 is 37.3. The molecule has 6 heteroatoms. The van der Waals surface area contributed by atoms with Crippen molar-refractivity contribution in [2.45, 2.75) is 0 Å². The van der Waals surface area contributed by atoms with E-state index in [-0.39, 0.29) is 51.4 Å². The van der Waals surface area contributed by atoms with Crippen LogP contribution >= 0.6 is 11.6 Å². The van der Waals surface area contributed by atoms with Gasteiger partial charge in [-0.25, -0.2) is 0 Å². The molecule has 0 unspecified atom stereocenters. The molecule has 0 aromatic heterocycles. The first-order valence-electron chi connectivity index (χ1n) is 5.53. The monoisotopic (exact) mass is 318 g/mol. The predicted molar refractivity (Wildman–Crippen MR) is 72.6 cm³/mol. The predicted octanol–water partition coefficient (Wildman–Crippen LogP) is 0.798. The largest absolute Gasteiger partial charge is 1.00 e. The van der Waals surface area contributed by atoms with E-state index in [4.69, 9.17) is 11.6 Å². The van der Waals surface area contributed by atoms with Crippen molar-refractivity contribution >= 4 is 24.0 Å². The molecule has 0 saturated carbocycles. The average molecular weight is 319 g/mol. The van der Waals surface area contributed by atoms with Crippen LogP contribution < -0.4 is 56.8 Å². The minimum absolute atomic E-state index is 0. The van der Waals surface area contributed by atoms with Crippen molar-refractivity contribution in [3.63, 3.8) is 0 Å². The molecular formula is C14H8BClF3K. The summed E-state index contributed by atoms with van der Waals surface area (Å²) in [5.41, 5.74) is 0.633. The third kappa shape index (κ3) is 5.28. The molecule has 96 valence electrons. The standard InChI is InChI=1S/C14H8BClF3.K/c16-14-3-1-2-12(10-14)5-4-11-6-8-13(9-7-11)15(17,18)19;/h1-3,6-10H;/q-1;+1. The Labute approximate surface area is 163 Å². The van der Waals surface area contributed by atoms with E-state index in [1.807, 2.05) is 0 Å². The van der Waals surface area contributed by atoms with E-state index < -0.39 is 12.4 Å². The van der Waals surface area contributed by atoms with E-state index in [9.17, 15) is 12.9 Å². The number of benzene rings is 2. The second kappa shape index (κ2) is 7.69. The van der Waals surface area contributed by atoms with Crippen LogP contribution in [0.2, 0.25) is 5.02 Å². The third-order valence-electron chi connectivity index (χ3n) is 2.46. The van der Waals surface area contributed by atoms with E-state index in [2.05, 4.69) is 11.8 Å². The van der Waals surface area contributed by atoms with Gasteiger partial charge in [-0.3, -0.25) is 0 Å². The Morgan fingerprint density at radius 3 is 2.00 bits per heavy atom. The summed E-state index contributed by atoms with van der Waals surface area (Å²) in [6.45, 7) is -4.95. The fourth-order valence-corrected chi connectivity index (χ4v) is 1.69. The Kier molecular flexibility index (Phi) is 6.86. The molecule has 0 spiro atoms. The van der Waals surface area contributed by atoms with Crippen LogP contribution in [0.3, 0.4) is 0 Å². The van der Waals surface area contributed by atoms with Gasteiger partial charge in [-0.1, -0.05) is 41.6 Å². The van der Waals surface area contributed by atoms with Crippen LogP contribution in [0.1, 0.15) is 11.1 Å². The van der Waals surface area contributed by atoms with Crippen molar-refractivity contribution in [1.82, 2.24) is 0 Å². The molecule has 20 heavy (non-hydrogen) atoms. The van der Waals surface area contributed by atoms with Crippen LogP contribution in [0.4, 0.5) is 12.9 Å². The average Bonchev–Trinajstić information content (AvgIpc) is 2.36. The van der Waals surface area contributed by atoms with Gasteiger partial charge in [0, 0.05) is 16.1 Å². The summed E-state index contributed by atoms with van der Waals surface area (Å²) in [4.78, 5) is 0. The SMILES string of the molecule is F[B-](F)(F)c1ccc(C#Cc2cccc(Cl)c2)cc1.[K+]. The fraction of sp³-hybridized carbons (Fsp3) is 0. The molecule has 0 N–H and O–H groups in total. The number of hydrogen-bond acceptors (Lipinski definition) is 0. The summed E-state index contributed by atoms with van der Waals surface area (Å²) in [6.07, 6.45) is 0. The quantitative estimate of drug-likeness (QED) is 0.539. The molecule has 2 rings (SSSR count). The second-order valence-electron chi connectivity index (χ2n) is 3.96. The van der Waals surface area contributed by atoms with Crippen molar-refractivity contribution in [3.05, 3.63) is 64.7 Å². The van der Waals surface area contributed by atoms with Gasteiger partial charge in [-0.05, 0) is 30.3 Å². The first kappa shape index (κ1) is 17.8. The maximum absolute atomic E-state index is 12.4. The van der Waals surface area contributed by atoms with E-state index in [1.165, 1.54) is 12.1 Å². The fourth-order valence-electron chi connectivity index (χ4n) is 1.50. The summed E-state index contributed by atoms with van der Waals surface area (Å²) in [7, 11) is 0. The first-order chi connectivity index (χ1) is 8.95. The van der Waals surface area contributed by atoms with E-state index >= 15 is 0 Å². The van der Waals surface area contributed by atoms with Gasteiger partial charge in [0.05, 0.1) is 0 Å². The maximum Gasteiger partial charge on any atom is 1.00 e. The van der Waals surface area contributed by atoms with Gasteiger partial charge < -0.3 is 12.9 Å². The molecule has 0 aliphatic carbocycles.